The van der Waals surface area contributed by atoms with E-state index in [1.54, 1.807) is 18.5 Å². The largest absolute Gasteiger partial charge is 0.478 e. The summed E-state index contributed by atoms with van der Waals surface area (Å²) in [4.78, 5) is 38.3. The van der Waals surface area contributed by atoms with Crippen LogP contribution in [-0.2, 0) is 13.4 Å². The fraction of sp³-hybridized carbons (Fsp3) is 0. The molecule has 0 amide bonds. The molecule has 0 aliphatic rings. The highest BCUT2D eigenvalue weighted by atomic mass is 31.3. The molecular weight excluding hydrogens is 264 g/mol. The fourth-order valence-corrected chi connectivity index (χ4v) is 1.56. The predicted octanol–water partition coefficient (Wildman–Crippen LogP) is -0.753. The van der Waals surface area contributed by atoms with Gasteiger partial charge in [-0.2, -0.15) is 4.31 Å². The van der Waals surface area contributed by atoms with Crippen LogP contribution < -0.4 is 5.73 Å². The Morgan fingerprint density at radius 2 is 1.44 bits per heavy atom. The maximum Gasteiger partial charge on any atom is 0.478 e. The van der Waals surface area contributed by atoms with Gasteiger partial charge in [-0.25, -0.2) is 19.1 Å². The molecule has 0 aliphatic carbocycles. The second kappa shape index (κ2) is 6.02. The third-order valence-electron chi connectivity index (χ3n) is 0.798. The van der Waals surface area contributed by atoms with Gasteiger partial charge in [0.05, 0.1) is 0 Å². The molecule has 0 saturated heterocycles. The van der Waals surface area contributed by atoms with Crippen molar-refractivity contribution in [3.63, 3.8) is 0 Å². The summed E-state index contributed by atoms with van der Waals surface area (Å²) in [7, 11) is -10.1. The van der Waals surface area contributed by atoms with E-state index in [2.05, 4.69) is 14.3 Å². The Hall–Kier alpha value is -0.860. The van der Waals surface area contributed by atoms with Crippen LogP contribution in [0.3, 0.4) is 0 Å². The summed E-state index contributed by atoms with van der Waals surface area (Å²) in [5, 5.41) is 0. The SMILES string of the molecule is Nc1ncccn1.O=P(O)(O)OP(=O)(O)O. The van der Waals surface area contributed by atoms with Gasteiger partial charge in [0.1, 0.15) is 0 Å². The van der Waals surface area contributed by atoms with Crippen LogP contribution in [0.1, 0.15) is 0 Å². The minimum atomic E-state index is -5.05. The molecule has 0 spiro atoms. The summed E-state index contributed by atoms with van der Waals surface area (Å²) in [5.41, 5.74) is 5.14. The van der Waals surface area contributed by atoms with Gasteiger partial charge in [0, 0.05) is 12.4 Å². The number of nitrogens with two attached hydrogens (primary N) is 1. The Balaban J connectivity index is 0.000000288. The molecule has 92 valence electrons. The summed E-state index contributed by atoms with van der Waals surface area (Å²) >= 11 is 0. The van der Waals surface area contributed by atoms with Crippen LogP contribution in [0.2, 0.25) is 0 Å². The van der Waals surface area contributed by atoms with Crippen molar-refractivity contribution >= 4 is 21.6 Å². The Morgan fingerprint density at radius 3 is 1.56 bits per heavy atom. The van der Waals surface area contributed by atoms with Crippen molar-refractivity contribution in [1.29, 1.82) is 0 Å². The predicted molar refractivity (Wildman–Crippen MR) is 51.6 cm³/mol. The van der Waals surface area contributed by atoms with Crippen molar-refractivity contribution in [2.45, 2.75) is 0 Å². The number of rotatable bonds is 2. The highest BCUT2D eigenvalue weighted by Crippen LogP contribution is 2.53. The first-order valence-electron chi connectivity index (χ1n) is 3.45. The smallest absolute Gasteiger partial charge is 0.368 e. The van der Waals surface area contributed by atoms with E-state index in [0.717, 1.165) is 0 Å². The number of phosphoric acid groups is 2. The van der Waals surface area contributed by atoms with E-state index in [0.29, 0.717) is 5.95 Å². The van der Waals surface area contributed by atoms with Crippen molar-refractivity contribution in [1.82, 2.24) is 9.97 Å². The number of anilines is 1. The zero-order valence-corrected chi connectivity index (χ0v) is 9.40. The lowest BCUT2D eigenvalue weighted by atomic mass is 10.7. The first-order valence-corrected chi connectivity index (χ1v) is 6.51. The zero-order chi connectivity index (χ0) is 12.8. The Morgan fingerprint density at radius 1 is 1.06 bits per heavy atom. The summed E-state index contributed by atoms with van der Waals surface area (Å²) in [6.07, 6.45) is 3.20. The molecule has 0 atom stereocenters. The minimum absolute atomic E-state index is 0.322. The van der Waals surface area contributed by atoms with Gasteiger partial charge in [-0.1, -0.05) is 0 Å². The third-order valence-corrected chi connectivity index (χ3v) is 2.50. The van der Waals surface area contributed by atoms with Crippen LogP contribution in [0.15, 0.2) is 18.5 Å². The number of aromatic nitrogens is 2. The molecule has 0 radical (unpaired) electrons. The van der Waals surface area contributed by atoms with Crippen LogP contribution >= 0.6 is 15.6 Å². The van der Waals surface area contributed by atoms with Gasteiger partial charge in [0.2, 0.25) is 5.95 Å². The van der Waals surface area contributed by atoms with Crippen LogP contribution in [-0.4, -0.2) is 29.5 Å². The molecule has 10 nitrogen and oxygen atoms in total. The number of hydrogen-bond acceptors (Lipinski definition) is 6. The molecule has 16 heavy (non-hydrogen) atoms. The van der Waals surface area contributed by atoms with Crippen LogP contribution in [0.25, 0.3) is 0 Å². The number of hydrogen-bond donors (Lipinski definition) is 5. The summed E-state index contributed by atoms with van der Waals surface area (Å²) in [6, 6.07) is 1.72. The molecule has 1 rings (SSSR count). The molecule has 0 bridgehead atoms. The van der Waals surface area contributed by atoms with E-state index in [1.165, 1.54) is 0 Å². The van der Waals surface area contributed by atoms with E-state index in [9.17, 15) is 9.13 Å². The first kappa shape index (κ1) is 15.1. The lowest BCUT2D eigenvalue weighted by molar-refractivity contribution is 0.225. The molecule has 0 aliphatic heterocycles. The average Bonchev–Trinajstić information content (AvgIpc) is 1.99. The van der Waals surface area contributed by atoms with Gasteiger partial charge in [-0.3, -0.25) is 0 Å². The lowest BCUT2D eigenvalue weighted by Crippen LogP contribution is -1.90. The monoisotopic (exact) mass is 273 g/mol. The molecular formula is C4H9N3O7P2. The van der Waals surface area contributed by atoms with Crippen molar-refractivity contribution < 1.29 is 33.0 Å². The molecule has 0 saturated carbocycles. The van der Waals surface area contributed by atoms with Crippen molar-refractivity contribution in [2.24, 2.45) is 0 Å². The van der Waals surface area contributed by atoms with E-state index in [4.69, 9.17) is 25.3 Å². The second-order valence-corrected chi connectivity index (χ2v) is 4.79. The zero-order valence-electron chi connectivity index (χ0n) is 7.61. The Labute approximate surface area is 89.6 Å². The van der Waals surface area contributed by atoms with Crippen molar-refractivity contribution in [2.75, 3.05) is 5.73 Å². The third kappa shape index (κ3) is 11.2. The minimum Gasteiger partial charge on any atom is -0.368 e. The van der Waals surface area contributed by atoms with Crippen molar-refractivity contribution in [3.8, 4) is 0 Å². The summed E-state index contributed by atoms with van der Waals surface area (Å²) < 4.78 is 22.2. The molecule has 1 heterocycles. The van der Waals surface area contributed by atoms with E-state index in [-0.39, 0.29) is 0 Å². The lowest BCUT2D eigenvalue weighted by Gasteiger charge is -2.03. The van der Waals surface area contributed by atoms with Crippen LogP contribution in [0.4, 0.5) is 5.95 Å². The molecule has 0 aromatic carbocycles. The van der Waals surface area contributed by atoms with Crippen LogP contribution in [0, 0.1) is 0 Å². The van der Waals surface area contributed by atoms with Gasteiger partial charge >= 0.3 is 15.6 Å². The first-order chi connectivity index (χ1) is 7.10. The van der Waals surface area contributed by atoms with Gasteiger partial charge in [-0.15, -0.1) is 0 Å². The van der Waals surface area contributed by atoms with E-state index < -0.39 is 15.6 Å². The molecule has 6 N–H and O–H groups in total. The Bertz CT molecular complexity index is 379. The average molecular weight is 273 g/mol. The highest BCUT2D eigenvalue weighted by molar-refractivity contribution is 7.60. The molecule has 0 unspecified atom stereocenters. The highest BCUT2D eigenvalue weighted by Gasteiger charge is 2.27. The topological polar surface area (TPSA) is 176 Å². The molecule has 12 heteroatoms. The molecule has 0 fully saturated rings. The standard InChI is InChI=1S/C4H5N3.H4O7P2/c5-4-6-2-1-3-7-4;1-8(2,3)7-9(4,5)6/h1-3H,(H2,5,6,7);(H2,1,2,3)(H2,4,5,6). The molecule has 1 aromatic heterocycles. The van der Waals surface area contributed by atoms with Gasteiger partial charge in [0.15, 0.2) is 0 Å². The molecule has 1 aromatic rings. The Kier molecular flexibility index (Phi) is 5.70. The normalized spacial score (nSPS) is 11.5. The number of nitrogens with zero attached hydrogens (tertiary/aromatic N) is 2. The van der Waals surface area contributed by atoms with Gasteiger partial charge in [-0.05, 0) is 6.07 Å². The second-order valence-electron chi connectivity index (χ2n) is 2.17. The van der Waals surface area contributed by atoms with Gasteiger partial charge in [0.25, 0.3) is 0 Å². The fourth-order valence-electron chi connectivity index (χ4n) is 0.449. The summed E-state index contributed by atoms with van der Waals surface area (Å²) in [5.74, 6) is 0.322. The quantitative estimate of drug-likeness (QED) is 0.430. The maximum atomic E-state index is 9.63. The van der Waals surface area contributed by atoms with Gasteiger partial charge < -0.3 is 25.3 Å². The summed E-state index contributed by atoms with van der Waals surface area (Å²) in [6.45, 7) is 0. The van der Waals surface area contributed by atoms with Crippen molar-refractivity contribution in [3.05, 3.63) is 18.5 Å². The van der Waals surface area contributed by atoms with E-state index in [1.807, 2.05) is 0 Å². The van der Waals surface area contributed by atoms with Crippen LogP contribution in [0.5, 0.6) is 0 Å². The number of nitrogen functional groups attached to an aromatic ring is 1. The van der Waals surface area contributed by atoms with E-state index >= 15 is 0 Å². The maximum absolute atomic E-state index is 9.63.